The van der Waals surface area contributed by atoms with Gasteiger partial charge in [0.05, 0.1) is 11.2 Å². The van der Waals surface area contributed by atoms with E-state index in [1.54, 1.807) is 0 Å². The number of anilines is 2. The molecule has 0 aliphatic carbocycles. The van der Waals surface area contributed by atoms with E-state index in [2.05, 4.69) is 29.1 Å². The van der Waals surface area contributed by atoms with Crippen LogP contribution in [0.4, 0.5) is 11.4 Å². The molecule has 3 rings (SSSR count). The summed E-state index contributed by atoms with van der Waals surface area (Å²) in [7, 11) is 2.18. The number of hydrogen-bond donors (Lipinski definition) is 1. The average Bonchev–Trinajstić information content (AvgIpc) is 2.92. The Kier molecular flexibility index (Phi) is 3.04. The van der Waals surface area contributed by atoms with Crippen molar-refractivity contribution in [3.63, 3.8) is 0 Å². The summed E-state index contributed by atoms with van der Waals surface area (Å²) >= 11 is 2.03. The number of hydrogen-bond acceptors (Lipinski definition) is 4. The summed E-state index contributed by atoms with van der Waals surface area (Å²) in [6.07, 6.45) is 3.11. The van der Waals surface area contributed by atoms with Gasteiger partial charge in [-0.3, -0.25) is 4.98 Å². The third kappa shape index (κ3) is 1.90. The zero-order chi connectivity index (χ0) is 12.5. The number of para-hydroxylation sites is 1. The molecule has 3 nitrogen and oxygen atoms in total. The number of benzene rings is 1. The van der Waals surface area contributed by atoms with E-state index in [0.717, 1.165) is 16.6 Å². The van der Waals surface area contributed by atoms with E-state index in [4.69, 9.17) is 5.73 Å². The molecule has 1 aromatic heterocycles. The van der Waals surface area contributed by atoms with Gasteiger partial charge in [-0.2, -0.15) is 11.8 Å². The van der Waals surface area contributed by atoms with Gasteiger partial charge < -0.3 is 10.6 Å². The zero-order valence-electron chi connectivity index (χ0n) is 10.5. The highest BCUT2D eigenvalue weighted by Crippen LogP contribution is 2.32. The smallest absolute Gasteiger partial charge is 0.0951 e. The Morgan fingerprint density at radius 3 is 3.06 bits per heavy atom. The van der Waals surface area contributed by atoms with E-state index in [0.29, 0.717) is 6.04 Å². The van der Waals surface area contributed by atoms with Crippen molar-refractivity contribution in [2.75, 3.05) is 29.2 Å². The molecule has 1 atom stereocenters. The first-order valence-electron chi connectivity index (χ1n) is 6.21. The lowest BCUT2D eigenvalue weighted by molar-refractivity contribution is 0.702. The number of pyridine rings is 1. The van der Waals surface area contributed by atoms with Gasteiger partial charge in [0.25, 0.3) is 0 Å². The number of fused-ring (bicyclic) bond motifs is 1. The van der Waals surface area contributed by atoms with Gasteiger partial charge in [-0.25, -0.2) is 0 Å². The molecule has 0 saturated carbocycles. The summed E-state index contributed by atoms with van der Waals surface area (Å²) < 4.78 is 0. The average molecular weight is 259 g/mol. The minimum atomic E-state index is 0.627. The molecule has 0 radical (unpaired) electrons. The van der Waals surface area contributed by atoms with Crippen LogP contribution in [0.3, 0.4) is 0 Å². The molecule has 4 heteroatoms. The van der Waals surface area contributed by atoms with Crippen molar-refractivity contribution < 1.29 is 0 Å². The largest absolute Gasteiger partial charge is 0.397 e. The molecule has 1 fully saturated rings. The van der Waals surface area contributed by atoms with Crippen LogP contribution in [0.5, 0.6) is 0 Å². The normalized spacial score (nSPS) is 19.3. The van der Waals surface area contributed by atoms with Crippen LogP contribution in [0.25, 0.3) is 10.9 Å². The van der Waals surface area contributed by atoms with E-state index in [9.17, 15) is 0 Å². The van der Waals surface area contributed by atoms with Crippen LogP contribution < -0.4 is 10.6 Å². The standard InChI is InChI=1S/C14H17N3S/c1-17(10-6-8-18-9-10)13-5-7-16-14-11(13)3-2-4-12(14)15/h2-5,7,10H,6,8-9,15H2,1H3. The lowest BCUT2D eigenvalue weighted by Gasteiger charge is -2.27. The van der Waals surface area contributed by atoms with Crippen LogP contribution in [0, 0.1) is 0 Å². The Bertz CT molecular complexity index is 564. The van der Waals surface area contributed by atoms with Crippen molar-refractivity contribution in [3.05, 3.63) is 30.5 Å². The highest BCUT2D eigenvalue weighted by Gasteiger charge is 2.21. The minimum Gasteiger partial charge on any atom is -0.397 e. The predicted molar refractivity (Wildman–Crippen MR) is 80.3 cm³/mol. The number of rotatable bonds is 2. The van der Waals surface area contributed by atoms with Gasteiger partial charge in [0.2, 0.25) is 0 Å². The van der Waals surface area contributed by atoms with E-state index in [1.165, 1.54) is 23.6 Å². The summed E-state index contributed by atoms with van der Waals surface area (Å²) in [4.78, 5) is 6.77. The first kappa shape index (κ1) is 11.7. The fourth-order valence-electron chi connectivity index (χ4n) is 2.52. The second-order valence-corrected chi connectivity index (χ2v) is 5.85. The second-order valence-electron chi connectivity index (χ2n) is 4.70. The van der Waals surface area contributed by atoms with Gasteiger partial charge in [0.1, 0.15) is 0 Å². The molecule has 1 saturated heterocycles. The molecule has 0 amide bonds. The van der Waals surface area contributed by atoms with E-state index in [1.807, 2.05) is 30.1 Å². The molecule has 1 aliphatic rings. The van der Waals surface area contributed by atoms with Crippen LogP contribution in [0.2, 0.25) is 0 Å². The van der Waals surface area contributed by atoms with Gasteiger partial charge in [0.15, 0.2) is 0 Å². The van der Waals surface area contributed by atoms with Gasteiger partial charge in [-0.05, 0) is 24.3 Å². The Balaban J connectivity index is 2.08. The SMILES string of the molecule is CN(c1ccnc2c(N)cccc12)C1CCSC1. The fraction of sp³-hybridized carbons (Fsp3) is 0.357. The Hall–Kier alpha value is -1.42. The molecule has 2 heterocycles. The molecular formula is C14H17N3S. The van der Waals surface area contributed by atoms with E-state index in [-0.39, 0.29) is 0 Å². The molecule has 2 aromatic rings. The summed E-state index contributed by atoms with van der Waals surface area (Å²) in [5, 5.41) is 1.15. The monoisotopic (exact) mass is 259 g/mol. The number of thioether (sulfide) groups is 1. The van der Waals surface area contributed by atoms with Crippen molar-refractivity contribution in [3.8, 4) is 0 Å². The molecule has 1 aliphatic heterocycles. The highest BCUT2D eigenvalue weighted by atomic mass is 32.2. The van der Waals surface area contributed by atoms with E-state index >= 15 is 0 Å². The topological polar surface area (TPSA) is 42.2 Å². The first-order chi connectivity index (χ1) is 8.77. The van der Waals surface area contributed by atoms with Gasteiger partial charge >= 0.3 is 0 Å². The summed E-state index contributed by atoms with van der Waals surface area (Å²) in [6, 6.07) is 8.73. The van der Waals surface area contributed by atoms with Crippen molar-refractivity contribution in [2.24, 2.45) is 0 Å². The molecule has 0 bridgehead atoms. The maximum atomic E-state index is 5.99. The van der Waals surface area contributed by atoms with E-state index < -0.39 is 0 Å². The quantitative estimate of drug-likeness (QED) is 0.842. The fourth-order valence-corrected chi connectivity index (χ4v) is 3.78. The second kappa shape index (κ2) is 4.69. The Morgan fingerprint density at radius 1 is 1.39 bits per heavy atom. The van der Waals surface area contributed by atoms with Crippen molar-refractivity contribution >= 4 is 34.0 Å². The molecule has 2 N–H and O–H groups in total. The predicted octanol–water partition coefficient (Wildman–Crippen LogP) is 2.76. The van der Waals surface area contributed by atoms with Crippen LogP contribution in [-0.2, 0) is 0 Å². The number of nitrogens with two attached hydrogens (primary N) is 1. The Labute approximate surface area is 111 Å². The third-order valence-electron chi connectivity index (χ3n) is 3.61. The van der Waals surface area contributed by atoms with Crippen molar-refractivity contribution in [1.29, 1.82) is 0 Å². The van der Waals surface area contributed by atoms with Crippen molar-refractivity contribution in [2.45, 2.75) is 12.5 Å². The molecule has 1 unspecified atom stereocenters. The minimum absolute atomic E-state index is 0.627. The van der Waals surface area contributed by atoms with Gasteiger partial charge in [0, 0.05) is 36.1 Å². The highest BCUT2D eigenvalue weighted by molar-refractivity contribution is 7.99. The van der Waals surface area contributed by atoms with Crippen LogP contribution in [-0.4, -0.2) is 29.6 Å². The maximum Gasteiger partial charge on any atom is 0.0951 e. The lowest BCUT2D eigenvalue weighted by Crippen LogP contribution is -2.31. The molecule has 0 spiro atoms. The Morgan fingerprint density at radius 2 is 2.28 bits per heavy atom. The number of aromatic nitrogens is 1. The van der Waals surface area contributed by atoms with Crippen molar-refractivity contribution in [1.82, 2.24) is 4.98 Å². The van der Waals surface area contributed by atoms with Gasteiger partial charge in [-0.1, -0.05) is 12.1 Å². The molecular weight excluding hydrogens is 242 g/mol. The molecule has 1 aromatic carbocycles. The third-order valence-corrected chi connectivity index (χ3v) is 4.76. The van der Waals surface area contributed by atoms with Crippen LogP contribution in [0.15, 0.2) is 30.5 Å². The maximum absolute atomic E-state index is 5.99. The number of nitrogen functional groups attached to an aromatic ring is 1. The van der Waals surface area contributed by atoms with Crippen LogP contribution >= 0.6 is 11.8 Å². The lowest BCUT2D eigenvalue weighted by atomic mass is 10.1. The molecule has 94 valence electrons. The summed E-state index contributed by atoms with van der Waals surface area (Å²) in [5.74, 6) is 2.47. The molecule has 18 heavy (non-hydrogen) atoms. The van der Waals surface area contributed by atoms with Crippen LogP contribution in [0.1, 0.15) is 6.42 Å². The number of nitrogens with zero attached hydrogens (tertiary/aromatic N) is 2. The summed E-state index contributed by atoms with van der Waals surface area (Å²) in [6.45, 7) is 0. The first-order valence-corrected chi connectivity index (χ1v) is 7.36. The summed E-state index contributed by atoms with van der Waals surface area (Å²) in [5.41, 5.74) is 8.89. The van der Waals surface area contributed by atoms with Gasteiger partial charge in [-0.15, -0.1) is 0 Å². The zero-order valence-corrected chi connectivity index (χ0v) is 11.3.